The maximum absolute atomic E-state index is 6.04. The molecule has 0 heterocycles. The average molecular weight is 199 g/mol. The van der Waals surface area contributed by atoms with Gasteiger partial charge in [-0.25, -0.2) is 0 Å². The highest BCUT2D eigenvalue weighted by Crippen LogP contribution is 2.23. The van der Waals surface area contributed by atoms with Crippen LogP contribution in [0.5, 0.6) is 0 Å². The molecule has 0 saturated heterocycles. The van der Waals surface area contributed by atoms with E-state index in [0.29, 0.717) is 5.92 Å². The molecule has 0 N–H and O–H groups in total. The zero-order valence-electron chi connectivity index (χ0n) is 8.09. The Balaban J connectivity index is 2.65. The van der Waals surface area contributed by atoms with Crippen molar-refractivity contribution in [3.8, 4) is 0 Å². The molecule has 1 aromatic carbocycles. The van der Waals surface area contributed by atoms with E-state index < -0.39 is 0 Å². The van der Waals surface area contributed by atoms with E-state index in [-0.39, 0.29) is 0 Å². The van der Waals surface area contributed by atoms with Crippen LogP contribution < -0.4 is 0 Å². The highest BCUT2D eigenvalue weighted by atomic mass is 35.5. The lowest BCUT2D eigenvalue weighted by Crippen LogP contribution is -2.04. The number of rotatable bonds is 4. The van der Waals surface area contributed by atoms with Crippen LogP contribution in [-0.4, -0.2) is 13.2 Å². The van der Waals surface area contributed by atoms with E-state index in [4.69, 9.17) is 16.3 Å². The van der Waals surface area contributed by atoms with Gasteiger partial charge in [0, 0.05) is 17.5 Å². The van der Waals surface area contributed by atoms with E-state index in [0.717, 1.165) is 23.8 Å². The van der Waals surface area contributed by atoms with Crippen LogP contribution in [0.15, 0.2) is 24.3 Å². The highest BCUT2D eigenvalue weighted by molar-refractivity contribution is 6.31. The first kappa shape index (κ1) is 10.6. The first-order chi connectivity index (χ1) is 6.25. The quantitative estimate of drug-likeness (QED) is 0.720. The number of hydrogen-bond acceptors (Lipinski definition) is 1. The molecule has 2 heteroatoms. The van der Waals surface area contributed by atoms with Crippen LogP contribution in [0.3, 0.4) is 0 Å². The summed E-state index contributed by atoms with van der Waals surface area (Å²) in [6, 6.07) is 7.91. The molecule has 0 aromatic heterocycles. The van der Waals surface area contributed by atoms with Crippen molar-refractivity contribution < 1.29 is 4.74 Å². The van der Waals surface area contributed by atoms with Crippen LogP contribution in [-0.2, 0) is 4.74 Å². The van der Waals surface area contributed by atoms with Gasteiger partial charge in [0.05, 0.1) is 6.61 Å². The molecule has 0 amide bonds. The smallest absolute Gasteiger partial charge is 0.0532 e. The Morgan fingerprint density at radius 1 is 1.38 bits per heavy atom. The summed E-state index contributed by atoms with van der Waals surface area (Å²) in [4.78, 5) is 0. The van der Waals surface area contributed by atoms with E-state index in [2.05, 4.69) is 6.92 Å². The Hall–Kier alpha value is -0.530. The number of halogens is 1. The van der Waals surface area contributed by atoms with Crippen LogP contribution in [0, 0.1) is 0 Å². The third-order valence-electron chi connectivity index (χ3n) is 2.01. The predicted octanol–water partition coefficient (Wildman–Crippen LogP) is 3.48. The Morgan fingerprint density at radius 3 is 2.69 bits per heavy atom. The molecule has 13 heavy (non-hydrogen) atoms. The van der Waals surface area contributed by atoms with E-state index in [1.165, 1.54) is 0 Å². The normalized spacial score (nSPS) is 12.8. The maximum atomic E-state index is 6.04. The predicted molar refractivity (Wildman–Crippen MR) is 56.4 cm³/mol. The fourth-order valence-corrected chi connectivity index (χ4v) is 1.58. The standard InChI is InChI=1S/C11H15ClO/c1-3-13-8-9(2)10-6-4-5-7-11(10)12/h4-7,9H,3,8H2,1-2H3. The van der Waals surface area contributed by atoms with Crippen LogP contribution >= 0.6 is 11.6 Å². The summed E-state index contributed by atoms with van der Waals surface area (Å²) in [5.74, 6) is 0.369. The second-order valence-electron chi connectivity index (χ2n) is 3.08. The van der Waals surface area contributed by atoms with Crippen LogP contribution in [0.4, 0.5) is 0 Å². The van der Waals surface area contributed by atoms with Gasteiger partial charge in [-0.1, -0.05) is 36.7 Å². The van der Waals surface area contributed by atoms with Gasteiger partial charge in [0.25, 0.3) is 0 Å². The molecule has 0 aliphatic rings. The topological polar surface area (TPSA) is 9.23 Å². The van der Waals surface area contributed by atoms with Crippen LogP contribution in [0.25, 0.3) is 0 Å². The van der Waals surface area contributed by atoms with Crippen LogP contribution in [0.2, 0.25) is 5.02 Å². The summed E-state index contributed by atoms with van der Waals surface area (Å²) in [5.41, 5.74) is 1.16. The summed E-state index contributed by atoms with van der Waals surface area (Å²) >= 11 is 6.04. The van der Waals surface area contributed by atoms with Gasteiger partial charge in [-0.05, 0) is 18.6 Å². The summed E-state index contributed by atoms with van der Waals surface area (Å²) in [7, 11) is 0. The lowest BCUT2D eigenvalue weighted by molar-refractivity contribution is 0.136. The molecule has 0 spiro atoms. The van der Waals surface area contributed by atoms with Crippen molar-refractivity contribution in [1.29, 1.82) is 0 Å². The fourth-order valence-electron chi connectivity index (χ4n) is 1.26. The van der Waals surface area contributed by atoms with Gasteiger partial charge < -0.3 is 4.74 Å². The van der Waals surface area contributed by atoms with Crippen molar-refractivity contribution in [2.24, 2.45) is 0 Å². The minimum atomic E-state index is 0.369. The van der Waals surface area contributed by atoms with Crippen molar-refractivity contribution in [3.05, 3.63) is 34.9 Å². The van der Waals surface area contributed by atoms with Crippen molar-refractivity contribution in [1.82, 2.24) is 0 Å². The monoisotopic (exact) mass is 198 g/mol. The number of hydrogen-bond donors (Lipinski definition) is 0. The molecule has 0 saturated carbocycles. The van der Waals surface area contributed by atoms with Gasteiger partial charge in [-0.3, -0.25) is 0 Å². The molecule has 1 unspecified atom stereocenters. The zero-order chi connectivity index (χ0) is 9.68. The first-order valence-electron chi connectivity index (χ1n) is 4.58. The summed E-state index contributed by atoms with van der Waals surface area (Å²) < 4.78 is 5.35. The van der Waals surface area contributed by atoms with Gasteiger partial charge in [0.2, 0.25) is 0 Å². The minimum Gasteiger partial charge on any atom is -0.381 e. The second kappa shape index (κ2) is 5.25. The molecule has 1 aromatic rings. The number of benzene rings is 1. The SMILES string of the molecule is CCOCC(C)c1ccccc1Cl. The van der Waals surface area contributed by atoms with Crippen molar-refractivity contribution in [2.75, 3.05) is 13.2 Å². The lowest BCUT2D eigenvalue weighted by atomic mass is 10.0. The van der Waals surface area contributed by atoms with Crippen molar-refractivity contribution in [2.45, 2.75) is 19.8 Å². The van der Waals surface area contributed by atoms with Crippen molar-refractivity contribution >= 4 is 11.6 Å². The van der Waals surface area contributed by atoms with Crippen molar-refractivity contribution in [3.63, 3.8) is 0 Å². The van der Waals surface area contributed by atoms with Crippen LogP contribution in [0.1, 0.15) is 25.3 Å². The lowest BCUT2D eigenvalue weighted by Gasteiger charge is -2.12. The van der Waals surface area contributed by atoms with Gasteiger partial charge in [0.15, 0.2) is 0 Å². The summed E-state index contributed by atoms with van der Waals surface area (Å²) in [6.07, 6.45) is 0. The molecule has 0 aliphatic heterocycles. The zero-order valence-corrected chi connectivity index (χ0v) is 8.84. The average Bonchev–Trinajstić information content (AvgIpc) is 2.15. The maximum Gasteiger partial charge on any atom is 0.0532 e. The fraction of sp³-hybridized carbons (Fsp3) is 0.455. The largest absolute Gasteiger partial charge is 0.381 e. The van der Waals surface area contributed by atoms with Gasteiger partial charge >= 0.3 is 0 Å². The second-order valence-corrected chi connectivity index (χ2v) is 3.49. The molecular formula is C11H15ClO. The Morgan fingerprint density at radius 2 is 2.08 bits per heavy atom. The molecule has 1 atom stereocenters. The first-order valence-corrected chi connectivity index (χ1v) is 4.95. The van der Waals surface area contributed by atoms with Gasteiger partial charge in [-0.15, -0.1) is 0 Å². The van der Waals surface area contributed by atoms with E-state index >= 15 is 0 Å². The van der Waals surface area contributed by atoms with Gasteiger partial charge in [0.1, 0.15) is 0 Å². The molecule has 0 fully saturated rings. The molecule has 72 valence electrons. The summed E-state index contributed by atoms with van der Waals surface area (Å²) in [5, 5.41) is 0.828. The summed E-state index contributed by atoms with van der Waals surface area (Å²) in [6.45, 7) is 5.62. The number of ether oxygens (including phenoxy) is 1. The molecule has 1 nitrogen and oxygen atoms in total. The highest BCUT2D eigenvalue weighted by Gasteiger charge is 2.08. The minimum absolute atomic E-state index is 0.369. The molecule has 0 radical (unpaired) electrons. The molecule has 0 aliphatic carbocycles. The Kier molecular flexibility index (Phi) is 4.26. The molecular weight excluding hydrogens is 184 g/mol. The Labute approximate surface area is 84.7 Å². The third kappa shape index (κ3) is 3.02. The van der Waals surface area contributed by atoms with E-state index in [1.807, 2.05) is 31.2 Å². The van der Waals surface area contributed by atoms with E-state index in [1.54, 1.807) is 0 Å². The van der Waals surface area contributed by atoms with E-state index in [9.17, 15) is 0 Å². The molecule has 0 bridgehead atoms. The third-order valence-corrected chi connectivity index (χ3v) is 2.35. The van der Waals surface area contributed by atoms with Gasteiger partial charge in [-0.2, -0.15) is 0 Å². The Bertz CT molecular complexity index is 260. The molecule has 1 rings (SSSR count).